The molecule has 94 valence electrons. The van der Waals surface area contributed by atoms with Gasteiger partial charge in [-0.25, -0.2) is 0 Å². The monoisotopic (exact) mass is 316 g/mol. The molecule has 0 saturated carbocycles. The number of halogens is 1. The van der Waals surface area contributed by atoms with Crippen LogP contribution in [0.15, 0.2) is 22.7 Å². The number of aryl methyl sites for hydroxylation is 1. The molecule has 1 amide bonds. The van der Waals surface area contributed by atoms with Gasteiger partial charge in [-0.3, -0.25) is 4.79 Å². The second kappa shape index (κ2) is 7.03. The van der Waals surface area contributed by atoms with Gasteiger partial charge in [-0.2, -0.15) is 11.8 Å². The minimum Gasteiger partial charge on any atom is -0.325 e. The Hall–Kier alpha value is -0.520. The van der Waals surface area contributed by atoms with Gasteiger partial charge in [0.05, 0.1) is 6.04 Å². The van der Waals surface area contributed by atoms with E-state index in [1.165, 1.54) is 0 Å². The number of rotatable bonds is 5. The summed E-state index contributed by atoms with van der Waals surface area (Å²) in [4.78, 5) is 11.8. The zero-order chi connectivity index (χ0) is 12.8. The fraction of sp³-hybridized carbons (Fsp3) is 0.417. The summed E-state index contributed by atoms with van der Waals surface area (Å²) in [5, 5.41) is 2.82. The molecule has 0 fully saturated rings. The first-order valence-corrected chi connectivity index (χ1v) is 7.55. The van der Waals surface area contributed by atoms with Gasteiger partial charge in [0, 0.05) is 10.2 Å². The molecule has 3 nitrogen and oxygen atoms in total. The topological polar surface area (TPSA) is 55.1 Å². The molecule has 0 radical (unpaired) electrons. The highest BCUT2D eigenvalue weighted by atomic mass is 79.9. The highest BCUT2D eigenvalue weighted by Gasteiger charge is 2.13. The van der Waals surface area contributed by atoms with Gasteiger partial charge in [-0.05, 0) is 49.1 Å². The second-order valence-electron chi connectivity index (χ2n) is 3.84. The van der Waals surface area contributed by atoms with Gasteiger partial charge in [0.25, 0.3) is 0 Å². The number of thioether (sulfide) groups is 1. The van der Waals surface area contributed by atoms with Gasteiger partial charge >= 0.3 is 0 Å². The van der Waals surface area contributed by atoms with Gasteiger partial charge in [0.2, 0.25) is 5.91 Å². The minimum absolute atomic E-state index is 0.124. The fourth-order valence-corrected chi connectivity index (χ4v) is 2.07. The molecular weight excluding hydrogens is 300 g/mol. The Kier molecular flexibility index (Phi) is 6.02. The minimum atomic E-state index is -0.439. The highest BCUT2D eigenvalue weighted by Crippen LogP contribution is 2.20. The maximum absolute atomic E-state index is 11.8. The zero-order valence-corrected chi connectivity index (χ0v) is 12.4. The Bertz CT molecular complexity index is 398. The Labute approximate surface area is 115 Å². The molecule has 3 N–H and O–H groups in total. The van der Waals surface area contributed by atoms with E-state index in [4.69, 9.17) is 5.73 Å². The van der Waals surface area contributed by atoms with Crippen molar-refractivity contribution in [1.29, 1.82) is 0 Å². The Morgan fingerprint density at radius 1 is 1.59 bits per heavy atom. The van der Waals surface area contributed by atoms with Gasteiger partial charge in [-0.1, -0.05) is 15.9 Å². The largest absolute Gasteiger partial charge is 0.325 e. The van der Waals surface area contributed by atoms with Crippen molar-refractivity contribution in [2.45, 2.75) is 19.4 Å². The summed E-state index contributed by atoms with van der Waals surface area (Å²) in [6.07, 6.45) is 2.70. The summed E-state index contributed by atoms with van der Waals surface area (Å²) in [7, 11) is 0. The quantitative estimate of drug-likeness (QED) is 0.878. The van der Waals surface area contributed by atoms with E-state index in [1.807, 2.05) is 31.4 Å². The maximum Gasteiger partial charge on any atom is 0.241 e. The van der Waals surface area contributed by atoms with Crippen molar-refractivity contribution in [2.75, 3.05) is 17.3 Å². The van der Waals surface area contributed by atoms with Crippen LogP contribution in [0.1, 0.15) is 12.0 Å². The number of nitrogens with one attached hydrogen (secondary N) is 1. The van der Waals surface area contributed by atoms with Crippen molar-refractivity contribution >= 4 is 39.3 Å². The first kappa shape index (κ1) is 14.5. The lowest BCUT2D eigenvalue weighted by atomic mass is 10.2. The first-order chi connectivity index (χ1) is 8.04. The number of nitrogens with two attached hydrogens (primary N) is 1. The molecular formula is C12H17BrN2OS. The third kappa shape index (κ3) is 4.69. The Balaban J connectivity index is 2.58. The molecule has 0 aromatic heterocycles. The lowest BCUT2D eigenvalue weighted by Gasteiger charge is -2.12. The van der Waals surface area contributed by atoms with E-state index in [0.29, 0.717) is 6.42 Å². The van der Waals surface area contributed by atoms with Crippen molar-refractivity contribution in [3.8, 4) is 0 Å². The van der Waals surface area contributed by atoms with E-state index in [2.05, 4.69) is 21.2 Å². The molecule has 0 heterocycles. The lowest BCUT2D eigenvalue weighted by Crippen LogP contribution is -2.36. The van der Waals surface area contributed by atoms with Gasteiger partial charge in [0.15, 0.2) is 0 Å². The SMILES string of the molecule is CSCC[C@H](N)C(=O)Nc1ccc(Br)c(C)c1. The number of amides is 1. The van der Waals surface area contributed by atoms with Crippen LogP contribution in [0.2, 0.25) is 0 Å². The van der Waals surface area contributed by atoms with Gasteiger partial charge in [-0.15, -0.1) is 0 Å². The molecule has 1 atom stereocenters. The summed E-state index contributed by atoms with van der Waals surface area (Å²) in [5.41, 5.74) is 7.66. The van der Waals surface area contributed by atoms with Crippen molar-refractivity contribution in [1.82, 2.24) is 0 Å². The molecule has 17 heavy (non-hydrogen) atoms. The summed E-state index contributed by atoms with van der Waals surface area (Å²) in [6, 6.07) is 5.25. The van der Waals surface area contributed by atoms with Crippen LogP contribution in [-0.2, 0) is 4.79 Å². The van der Waals surface area contributed by atoms with Crippen molar-refractivity contribution < 1.29 is 4.79 Å². The fourth-order valence-electron chi connectivity index (χ4n) is 1.33. The summed E-state index contributed by atoms with van der Waals surface area (Å²) < 4.78 is 1.03. The number of hydrogen-bond acceptors (Lipinski definition) is 3. The second-order valence-corrected chi connectivity index (χ2v) is 5.68. The van der Waals surface area contributed by atoms with Crippen LogP contribution < -0.4 is 11.1 Å². The standard InChI is InChI=1S/C12H17BrN2OS/c1-8-7-9(3-4-10(8)13)15-12(16)11(14)5-6-17-2/h3-4,7,11H,5-6,14H2,1-2H3,(H,15,16)/t11-/m0/s1. The molecule has 0 aliphatic rings. The molecule has 0 spiro atoms. The number of hydrogen-bond donors (Lipinski definition) is 2. The molecule has 1 aromatic rings. The van der Waals surface area contributed by atoms with Gasteiger partial charge < -0.3 is 11.1 Å². The average Bonchev–Trinajstić information content (AvgIpc) is 2.30. The molecule has 0 aliphatic carbocycles. The lowest BCUT2D eigenvalue weighted by molar-refractivity contribution is -0.117. The highest BCUT2D eigenvalue weighted by molar-refractivity contribution is 9.10. The van der Waals surface area contributed by atoms with Crippen LogP contribution in [0.3, 0.4) is 0 Å². The van der Waals surface area contributed by atoms with E-state index in [1.54, 1.807) is 11.8 Å². The van der Waals surface area contributed by atoms with E-state index < -0.39 is 6.04 Å². The molecule has 0 unspecified atom stereocenters. The number of carbonyl (C=O) groups is 1. The average molecular weight is 317 g/mol. The Morgan fingerprint density at radius 3 is 2.88 bits per heavy atom. The zero-order valence-electron chi connectivity index (χ0n) is 10.00. The first-order valence-electron chi connectivity index (χ1n) is 5.36. The molecule has 0 aliphatic heterocycles. The maximum atomic E-state index is 11.8. The third-order valence-corrected chi connectivity index (χ3v) is 3.93. The summed E-state index contributed by atoms with van der Waals surface area (Å²) in [6.45, 7) is 1.98. The third-order valence-electron chi connectivity index (χ3n) is 2.40. The molecule has 0 bridgehead atoms. The van der Waals surface area contributed by atoms with Gasteiger partial charge in [0.1, 0.15) is 0 Å². The predicted molar refractivity (Wildman–Crippen MR) is 78.5 cm³/mol. The number of benzene rings is 1. The predicted octanol–water partition coefficient (Wildman–Crippen LogP) is 2.78. The number of anilines is 1. The van der Waals surface area contributed by atoms with Crippen molar-refractivity contribution in [2.24, 2.45) is 5.73 Å². The normalized spacial score (nSPS) is 12.2. The van der Waals surface area contributed by atoms with Crippen LogP contribution in [-0.4, -0.2) is 24.0 Å². The Morgan fingerprint density at radius 2 is 2.29 bits per heavy atom. The van der Waals surface area contributed by atoms with Crippen LogP contribution >= 0.6 is 27.7 Å². The van der Waals surface area contributed by atoms with E-state index in [-0.39, 0.29) is 5.91 Å². The van der Waals surface area contributed by atoms with Crippen molar-refractivity contribution in [3.63, 3.8) is 0 Å². The van der Waals surface area contributed by atoms with Crippen LogP contribution in [0, 0.1) is 6.92 Å². The van der Waals surface area contributed by atoms with Crippen LogP contribution in [0.5, 0.6) is 0 Å². The van der Waals surface area contributed by atoms with E-state index >= 15 is 0 Å². The molecule has 0 saturated heterocycles. The van der Waals surface area contributed by atoms with Crippen molar-refractivity contribution in [3.05, 3.63) is 28.2 Å². The smallest absolute Gasteiger partial charge is 0.241 e. The van der Waals surface area contributed by atoms with Crippen LogP contribution in [0.25, 0.3) is 0 Å². The summed E-state index contributed by atoms with van der Waals surface area (Å²) in [5.74, 6) is 0.772. The van der Waals surface area contributed by atoms with Crippen LogP contribution in [0.4, 0.5) is 5.69 Å². The summed E-state index contributed by atoms with van der Waals surface area (Å²) >= 11 is 5.11. The van der Waals surface area contributed by atoms with E-state index in [0.717, 1.165) is 21.5 Å². The number of carbonyl (C=O) groups excluding carboxylic acids is 1. The molecule has 1 rings (SSSR count). The molecule has 1 aromatic carbocycles. The molecule has 5 heteroatoms. The van der Waals surface area contributed by atoms with E-state index in [9.17, 15) is 4.79 Å².